The van der Waals surface area contributed by atoms with E-state index in [1.54, 1.807) is 0 Å². The lowest BCUT2D eigenvalue weighted by atomic mass is 9.98. The number of rotatable bonds is 7. The molecule has 0 aromatic carbocycles. The van der Waals surface area contributed by atoms with Crippen LogP contribution in [-0.4, -0.2) is 47.8 Å². The molecular formula is C15H30N2O. The predicted octanol–water partition coefficient (Wildman–Crippen LogP) is 2.00. The van der Waals surface area contributed by atoms with Gasteiger partial charge in [-0.2, -0.15) is 0 Å². The van der Waals surface area contributed by atoms with E-state index in [9.17, 15) is 5.11 Å². The molecule has 2 saturated carbocycles. The van der Waals surface area contributed by atoms with Crippen LogP contribution >= 0.6 is 0 Å². The fraction of sp³-hybridized carbons (Fsp3) is 1.00. The van der Waals surface area contributed by atoms with E-state index in [1.807, 2.05) is 0 Å². The largest absolute Gasteiger partial charge is 0.394 e. The Balaban J connectivity index is 1.81. The van der Waals surface area contributed by atoms with E-state index in [0.29, 0.717) is 18.7 Å². The molecule has 0 aliphatic heterocycles. The molecule has 0 aromatic heterocycles. The third-order valence-electron chi connectivity index (χ3n) is 4.66. The molecule has 18 heavy (non-hydrogen) atoms. The minimum atomic E-state index is 0.0257. The molecule has 2 fully saturated rings. The van der Waals surface area contributed by atoms with Gasteiger partial charge in [-0.1, -0.05) is 13.8 Å². The summed E-state index contributed by atoms with van der Waals surface area (Å²) in [6, 6.07) is 1.35. The van der Waals surface area contributed by atoms with E-state index < -0.39 is 0 Å². The zero-order valence-corrected chi connectivity index (χ0v) is 12.3. The van der Waals surface area contributed by atoms with Crippen molar-refractivity contribution in [2.75, 3.05) is 20.2 Å². The second-order valence-electron chi connectivity index (χ2n) is 6.92. The smallest absolute Gasteiger partial charge is 0.0614 e. The van der Waals surface area contributed by atoms with Crippen LogP contribution in [0.1, 0.15) is 52.4 Å². The first kappa shape index (κ1) is 14.3. The molecule has 3 nitrogen and oxygen atoms in total. The van der Waals surface area contributed by atoms with Gasteiger partial charge in [0.15, 0.2) is 0 Å². The van der Waals surface area contributed by atoms with Gasteiger partial charge in [0.1, 0.15) is 0 Å². The second-order valence-corrected chi connectivity index (χ2v) is 6.92. The first-order valence-electron chi connectivity index (χ1n) is 7.63. The summed E-state index contributed by atoms with van der Waals surface area (Å²) in [5, 5.41) is 13.4. The van der Waals surface area contributed by atoms with Gasteiger partial charge in [0.05, 0.1) is 6.61 Å². The minimum absolute atomic E-state index is 0.0257. The molecule has 0 spiro atoms. The van der Waals surface area contributed by atoms with Crippen molar-refractivity contribution >= 4 is 0 Å². The quantitative estimate of drug-likeness (QED) is 0.729. The van der Waals surface area contributed by atoms with Gasteiger partial charge < -0.3 is 15.3 Å². The van der Waals surface area contributed by atoms with Gasteiger partial charge in [0.2, 0.25) is 0 Å². The van der Waals surface area contributed by atoms with E-state index in [0.717, 1.165) is 18.8 Å². The van der Waals surface area contributed by atoms with E-state index in [1.165, 1.54) is 32.2 Å². The highest BCUT2D eigenvalue weighted by Gasteiger charge is 2.42. The SMILES string of the molecule is CC(C)CCN(C)C1CCC(CO)(NC2CC2)C1. The fourth-order valence-electron chi connectivity index (χ4n) is 3.10. The molecule has 0 radical (unpaired) electrons. The summed E-state index contributed by atoms with van der Waals surface area (Å²) in [5.74, 6) is 0.779. The van der Waals surface area contributed by atoms with Gasteiger partial charge in [-0.05, 0) is 58.0 Å². The summed E-state index contributed by atoms with van der Waals surface area (Å²) in [6.45, 7) is 6.07. The minimum Gasteiger partial charge on any atom is -0.394 e. The molecule has 2 atom stereocenters. The first-order chi connectivity index (χ1) is 8.54. The maximum Gasteiger partial charge on any atom is 0.0614 e. The molecule has 0 bridgehead atoms. The normalized spacial score (nSPS) is 32.7. The Morgan fingerprint density at radius 3 is 2.61 bits per heavy atom. The summed E-state index contributed by atoms with van der Waals surface area (Å²) >= 11 is 0. The number of aliphatic hydroxyl groups is 1. The van der Waals surface area contributed by atoms with Gasteiger partial charge in [0.25, 0.3) is 0 Å². The maximum atomic E-state index is 9.73. The number of nitrogens with one attached hydrogen (secondary N) is 1. The highest BCUT2D eigenvalue weighted by Crippen LogP contribution is 2.35. The Morgan fingerprint density at radius 2 is 2.06 bits per heavy atom. The second kappa shape index (κ2) is 5.89. The van der Waals surface area contributed by atoms with E-state index in [-0.39, 0.29) is 5.54 Å². The summed E-state index contributed by atoms with van der Waals surface area (Å²) < 4.78 is 0. The third kappa shape index (κ3) is 3.69. The highest BCUT2D eigenvalue weighted by atomic mass is 16.3. The zero-order valence-electron chi connectivity index (χ0n) is 12.3. The molecule has 2 aliphatic rings. The maximum absolute atomic E-state index is 9.73. The molecule has 2 N–H and O–H groups in total. The van der Waals surface area contributed by atoms with E-state index in [2.05, 4.69) is 31.1 Å². The Labute approximate surface area is 112 Å². The Kier molecular flexibility index (Phi) is 4.68. The molecular weight excluding hydrogens is 224 g/mol. The fourth-order valence-corrected chi connectivity index (χ4v) is 3.10. The zero-order chi connectivity index (χ0) is 13.2. The molecule has 0 amide bonds. The van der Waals surface area contributed by atoms with Crippen LogP contribution in [0.3, 0.4) is 0 Å². The molecule has 106 valence electrons. The first-order valence-corrected chi connectivity index (χ1v) is 7.63. The van der Waals surface area contributed by atoms with E-state index in [4.69, 9.17) is 0 Å². The number of hydrogen-bond acceptors (Lipinski definition) is 3. The van der Waals surface area contributed by atoms with Crippen LogP contribution in [0.4, 0.5) is 0 Å². The van der Waals surface area contributed by atoms with Crippen molar-refractivity contribution in [2.24, 2.45) is 5.92 Å². The molecule has 0 heterocycles. The van der Waals surface area contributed by atoms with Crippen molar-refractivity contribution in [3.63, 3.8) is 0 Å². The van der Waals surface area contributed by atoms with Gasteiger partial charge in [0, 0.05) is 17.6 Å². The van der Waals surface area contributed by atoms with Gasteiger partial charge in [-0.15, -0.1) is 0 Å². The summed E-state index contributed by atoms with van der Waals surface area (Å²) in [6.07, 6.45) is 7.36. The van der Waals surface area contributed by atoms with Crippen LogP contribution < -0.4 is 5.32 Å². The monoisotopic (exact) mass is 254 g/mol. The van der Waals surface area contributed by atoms with Gasteiger partial charge in [-0.25, -0.2) is 0 Å². The Bertz CT molecular complexity index is 265. The highest BCUT2D eigenvalue weighted by molar-refractivity contribution is 5.02. The lowest BCUT2D eigenvalue weighted by molar-refractivity contribution is 0.147. The average Bonchev–Trinajstić information content (AvgIpc) is 3.04. The average molecular weight is 254 g/mol. The molecule has 0 saturated heterocycles. The summed E-state index contributed by atoms with van der Waals surface area (Å²) in [7, 11) is 2.25. The molecule has 3 heteroatoms. The van der Waals surface area contributed by atoms with Crippen LogP contribution in [0.5, 0.6) is 0 Å². The predicted molar refractivity (Wildman–Crippen MR) is 75.7 cm³/mol. The van der Waals surface area contributed by atoms with Crippen LogP contribution in [0, 0.1) is 5.92 Å². The van der Waals surface area contributed by atoms with Gasteiger partial charge in [-0.3, -0.25) is 0 Å². The van der Waals surface area contributed by atoms with Crippen LogP contribution in [-0.2, 0) is 0 Å². The van der Waals surface area contributed by atoms with Crippen molar-refractivity contribution < 1.29 is 5.11 Å². The van der Waals surface area contributed by atoms with Crippen molar-refractivity contribution in [3.8, 4) is 0 Å². The number of aliphatic hydroxyl groups excluding tert-OH is 1. The van der Waals surface area contributed by atoms with Crippen LogP contribution in [0.15, 0.2) is 0 Å². The topological polar surface area (TPSA) is 35.5 Å². The van der Waals surface area contributed by atoms with Crippen LogP contribution in [0.25, 0.3) is 0 Å². The van der Waals surface area contributed by atoms with Crippen molar-refractivity contribution in [3.05, 3.63) is 0 Å². The standard InChI is InChI=1S/C15H30N2O/c1-12(2)7-9-17(3)14-6-8-15(10-14,11-18)16-13-4-5-13/h12-14,16,18H,4-11H2,1-3H3. The lowest BCUT2D eigenvalue weighted by Crippen LogP contribution is -2.48. The molecule has 2 rings (SSSR count). The summed E-state index contributed by atoms with van der Waals surface area (Å²) in [5.41, 5.74) is 0.0257. The Hall–Kier alpha value is -0.120. The van der Waals surface area contributed by atoms with Crippen LogP contribution in [0.2, 0.25) is 0 Å². The summed E-state index contributed by atoms with van der Waals surface area (Å²) in [4.78, 5) is 2.51. The van der Waals surface area contributed by atoms with Crippen molar-refractivity contribution in [2.45, 2.75) is 70.0 Å². The number of nitrogens with zero attached hydrogens (tertiary/aromatic N) is 1. The van der Waals surface area contributed by atoms with Crippen molar-refractivity contribution in [1.82, 2.24) is 10.2 Å². The third-order valence-corrected chi connectivity index (χ3v) is 4.66. The lowest BCUT2D eigenvalue weighted by Gasteiger charge is -2.31. The molecule has 2 aliphatic carbocycles. The van der Waals surface area contributed by atoms with Crippen molar-refractivity contribution in [1.29, 1.82) is 0 Å². The number of hydrogen-bond donors (Lipinski definition) is 2. The Morgan fingerprint density at radius 1 is 1.33 bits per heavy atom. The molecule has 2 unspecified atom stereocenters. The van der Waals surface area contributed by atoms with E-state index >= 15 is 0 Å². The van der Waals surface area contributed by atoms with Gasteiger partial charge >= 0.3 is 0 Å². The molecule has 0 aromatic rings.